The molecule has 2 aliphatic rings. The number of aryl methyl sites for hydroxylation is 1. The lowest BCUT2D eigenvalue weighted by Gasteiger charge is -2.33. The smallest absolute Gasteiger partial charge is 0.345 e. The van der Waals surface area contributed by atoms with Gasteiger partial charge in [-0.3, -0.25) is 4.79 Å². The second-order valence-electron chi connectivity index (χ2n) is 6.56. The molecule has 2 saturated heterocycles. The fourth-order valence-electron chi connectivity index (χ4n) is 3.28. The van der Waals surface area contributed by atoms with Crippen LogP contribution in [0.2, 0.25) is 0 Å². The van der Waals surface area contributed by atoms with Crippen molar-refractivity contribution in [2.24, 2.45) is 5.41 Å². The summed E-state index contributed by atoms with van der Waals surface area (Å²) in [5.41, 5.74) is 0.458. The van der Waals surface area contributed by atoms with Crippen LogP contribution in [0.5, 0.6) is 0 Å². The molecule has 0 atom stereocenters. The van der Waals surface area contributed by atoms with Crippen molar-refractivity contribution in [2.75, 3.05) is 26.2 Å². The van der Waals surface area contributed by atoms with E-state index in [0.717, 1.165) is 38.7 Å². The molecule has 2 fully saturated rings. The second-order valence-corrected chi connectivity index (χ2v) is 7.41. The number of carbonyl (C=O) groups is 1. The van der Waals surface area contributed by atoms with Crippen LogP contribution in [0.1, 0.15) is 30.4 Å². The molecule has 0 bridgehead atoms. The molecule has 1 aromatic carbocycles. The minimum atomic E-state index is -4.27. The molecule has 134 valence electrons. The summed E-state index contributed by atoms with van der Waals surface area (Å²) in [5, 5.41) is 3.36. The van der Waals surface area contributed by atoms with Gasteiger partial charge in [-0.15, -0.1) is 0 Å². The number of piperidine rings is 1. The molecule has 7 heteroatoms. The third-order valence-corrected chi connectivity index (χ3v) is 5.40. The van der Waals surface area contributed by atoms with Gasteiger partial charge in [-0.1, -0.05) is 27.6 Å². The maximum atomic E-state index is 12.2. The number of rotatable bonds is 1. The first-order valence-electron chi connectivity index (χ1n) is 7.99. The molecular formula is C17H22BrF3N2O. The van der Waals surface area contributed by atoms with E-state index in [1.54, 1.807) is 13.0 Å². The number of halogens is 4. The topological polar surface area (TPSA) is 32.3 Å². The molecule has 1 N–H and O–H groups in total. The molecule has 24 heavy (non-hydrogen) atoms. The van der Waals surface area contributed by atoms with Crippen molar-refractivity contribution in [1.82, 2.24) is 10.2 Å². The summed E-state index contributed by atoms with van der Waals surface area (Å²) in [7, 11) is 0. The van der Waals surface area contributed by atoms with Gasteiger partial charge in [0.05, 0.1) is 5.56 Å². The zero-order chi connectivity index (χ0) is 17.8. The minimum absolute atomic E-state index is 0.0839. The second kappa shape index (κ2) is 7.87. The van der Waals surface area contributed by atoms with E-state index in [0.29, 0.717) is 11.0 Å². The van der Waals surface area contributed by atoms with Crippen LogP contribution in [0.4, 0.5) is 13.2 Å². The standard InChI is InChI=1S/C9H16N2O.C8H6BrF3/c12-8-11-6-3-9(7-11)1-4-10-5-2-9;1-5-2-3-7(9)6(4-5)8(10,11)12/h8,10H,1-7H2;2-4H,1H3. The van der Waals surface area contributed by atoms with Crippen molar-refractivity contribution >= 4 is 22.3 Å². The van der Waals surface area contributed by atoms with Gasteiger partial charge < -0.3 is 10.2 Å². The monoisotopic (exact) mass is 406 g/mol. The summed E-state index contributed by atoms with van der Waals surface area (Å²) in [6.07, 6.45) is 0.434. The first kappa shape index (κ1) is 19.2. The Hall–Kier alpha value is -1.08. The van der Waals surface area contributed by atoms with E-state index in [-0.39, 0.29) is 4.47 Å². The average molecular weight is 407 g/mol. The zero-order valence-electron chi connectivity index (χ0n) is 13.6. The molecule has 1 aromatic rings. The van der Waals surface area contributed by atoms with Crippen LogP contribution < -0.4 is 5.32 Å². The van der Waals surface area contributed by atoms with E-state index in [4.69, 9.17) is 0 Å². The summed E-state index contributed by atoms with van der Waals surface area (Å²) in [4.78, 5) is 12.5. The highest BCUT2D eigenvalue weighted by atomic mass is 79.9. The predicted octanol–water partition coefficient (Wildman–Crippen LogP) is 3.99. The summed E-state index contributed by atoms with van der Waals surface area (Å²) in [6, 6.07) is 4.14. The number of nitrogens with one attached hydrogen (secondary N) is 1. The van der Waals surface area contributed by atoms with Crippen molar-refractivity contribution in [1.29, 1.82) is 0 Å². The summed E-state index contributed by atoms with van der Waals surface area (Å²) >= 11 is 2.85. The van der Waals surface area contributed by atoms with E-state index >= 15 is 0 Å². The lowest BCUT2D eigenvalue weighted by molar-refractivity contribution is -0.138. The molecule has 0 aliphatic carbocycles. The van der Waals surface area contributed by atoms with E-state index in [1.165, 1.54) is 25.3 Å². The molecule has 0 radical (unpaired) electrons. The van der Waals surface area contributed by atoms with E-state index < -0.39 is 11.7 Å². The van der Waals surface area contributed by atoms with Crippen molar-refractivity contribution < 1.29 is 18.0 Å². The van der Waals surface area contributed by atoms with Gasteiger partial charge in [0, 0.05) is 17.6 Å². The zero-order valence-corrected chi connectivity index (χ0v) is 15.2. The number of nitrogens with zero attached hydrogens (tertiary/aromatic N) is 1. The maximum absolute atomic E-state index is 12.2. The number of likely N-dealkylation sites (tertiary alicyclic amines) is 1. The van der Waals surface area contributed by atoms with Gasteiger partial charge >= 0.3 is 6.18 Å². The third kappa shape index (κ3) is 4.96. The van der Waals surface area contributed by atoms with Gasteiger partial charge in [-0.2, -0.15) is 13.2 Å². The molecular weight excluding hydrogens is 385 g/mol. The molecule has 1 spiro atoms. The summed E-state index contributed by atoms with van der Waals surface area (Å²) < 4.78 is 36.7. The highest BCUT2D eigenvalue weighted by Gasteiger charge is 2.38. The van der Waals surface area contributed by atoms with Crippen LogP contribution in [-0.4, -0.2) is 37.5 Å². The SMILES string of the molecule is Cc1ccc(Br)c(C(F)(F)F)c1.O=CN1CCC2(CCNCC2)C1. The van der Waals surface area contributed by atoms with E-state index in [9.17, 15) is 18.0 Å². The normalized spacial score (nSPS) is 19.8. The van der Waals surface area contributed by atoms with Crippen LogP contribution in [0.15, 0.2) is 22.7 Å². The molecule has 0 unspecified atom stereocenters. The first-order valence-corrected chi connectivity index (χ1v) is 8.78. The molecule has 2 aliphatic heterocycles. The minimum Gasteiger partial charge on any atom is -0.345 e. The maximum Gasteiger partial charge on any atom is 0.417 e. The van der Waals surface area contributed by atoms with Gasteiger partial charge in [0.15, 0.2) is 0 Å². The Labute approximate surface area is 148 Å². The predicted molar refractivity (Wildman–Crippen MR) is 90.7 cm³/mol. The molecule has 3 nitrogen and oxygen atoms in total. The van der Waals surface area contributed by atoms with E-state index in [1.807, 2.05) is 4.90 Å². The Bertz CT molecular complexity index is 571. The Morgan fingerprint density at radius 3 is 2.42 bits per heavy atom. The largest absolute Gasteiger partial charge is 0.417 e. The van der Waals surface area contributed by atoms with Gasteiger partial charge in [-0.25, -0.2) is 0 Å². The highest BCUT2D eigenvalue weighted by molar-refractivity contribution is 9.10. The summed E-state index contributed by atoms with van der Waals surface area (Å²) in [6.45, 7) is 5.86. The Balaban J connectivity index is 0.000000174. The number of benzene rings is 1. The van der Waals surface area contributed by atoms with Crippen molar-refractivity contribution in [3.8, 4) is 0 Å². The molecule has 1 amide bonds. The fourth-order valence-corrected chi connectivity index (χ4v) is 3.75. The van der Waals surface area contributed by atoms with Crippen molar-refractivity contribution in [3.05, 3.63) is 33.8 Å². The Morgan fingerprint density at radius 2 is 1.92 bits per heavy atom. The molecule has 0 aromatic heterocycles. The number of hydrogen-bond donors (Lipinski definition) is 1. The first-order chi connectivity index (χ1) is 11.3. The Morgan fingerprint density at radius 1 is 1.25 bits per heavy atom. The lowest BCUT2D eigenvalue weighted by Crippen LogP contribution is -2.38. The van der Waals surface area contributed by atoms with Crippen molar-refractivity contribution in [2.45, 2.75) is 32.4 Å². The average Bonchev–Trinajstić information content (AvgIpc) is 2.93. The number of alkyl halides is 3. The van der Waals surface area contributed by atoms with Crippen LogP contribution in [0.3, 0.4) is 0 Å². The fraction of sp³-hybridized carbons (Fsp3) is 0.588. The molecule has 2 heterocycles. The number of hydrogen-bond acceptors (Lipinski definition) is 2. The van der Waals surface area contributed by atoms with Gasteiger partial charge in [0.25, 0.3) is 0 Å². The third-order valence-electron chi connectivity index (χ3n) is 4.71. The van der Waals surface area contributed by atoms with Crippen molar-refractivity contribution in [3.63, 3.8) is 0 Å². The summed E-state index contributed by atoms with van der Waals surface area (Å²) in [5.74, 6) is 0. The number of carbonyl (C=O) groups excluding carboxylic acids is 1. The number of amides is 1. The quantitative estimate of drug-likeness (QED) is 0.714. The van der Waals surface area contributed by atoms with Gasteiger partial charge in [-0.05, 0) is 56.8 Å². The van der Waals surface area contributed by atoms with E-state index in [2.05, 4.69) is 21.2 Å². The van der Waals surface area contributed by atoms with Crippen LogP contribution in [0.25, 0.3) is 0 Å². The molecule has 0 saturated carbocycles. The van der Waals surface area contributed by atoms with Gasteiger partial charge in [0.2, 0.25) is 6.41 Å². The molecule has 3 rings (SSSR count). The highest BCUT2D eigenvalue weighted by Crippen LogP contribution is 2.37. The lowest BCUT2D eigenvalue weighted by atomic mass is 9.78. The Kier molecular flexibility index (Phi) is 6.31. The van der Waals surface area contributed by atoms with Crippen LogP contribution >= 0.6 is 15.9 Å². The van der Waals surface area contributed by atoms with Crippen LogP contribution in [0, 0.1) is 12.3 Å². The van der Waals surface area contributed by atoms with Gasteiger partial charge in [0.1, 0.15) is 0 Å². The van der Waals surface area contributed by atoms with Crippen LogP contribution in [-0.2, 0) is 11.0 Å².